The number of amides is 2. The van der Waals surface area contributed by atoms with Crippen molar-refractivity contribution in [2.24, 2.45) is 0 Å². The summed E-state index contributed by atoms with van der Waals surface area (Å²) in [6.07, 6.45) is 0.858. The maximum Gasteiger partial charge on any atom is 0.254 e. The Bertz CT molecular complexity index is 1120. The molecule has 1 N–H and O–H groups in total. The van der Waals surface area contributed by atoms with Crippen molar-refractivity contribution in [2.45, 2.75) is 31.8 Å². The second-order valence-electron chi connectivity index (χ2n) is 9.02. The molecule has 3 aromatic rings. The molecule has 0 saturated carbocycles. The Hall–Kier alpha value is -3.00. The van der Waals surface area contributed by atoms with Gasteiger partial charge in [-0.3, -0.25) is 14.5 Å². The molecule has 4 rings (SSSR count). The molecule has 0 aliphatic carbocycles. The molecule has 2 atom stereocenters. The minimum atomic E-state index is -0.471. The van der Waals surface area contributed by atoms with Crippen LogP contribution in [0.25, 0.3) is 0 Å². The average Bonchev–Trinajstić information content (AvgIpc) is 3.45. The first kappa shape index (κ1) is 26.1. The summed E-state index contributed by atoms with van der Waals surface area (Å²) in [6.45, 7) is 6.36. The molecule has 36 heavy (non-hydrogen) atoms. The Morgan fingerprint density at radius 3 is 2.58 bits per heavy atom. The van der Waals surface area contributed by atoms with Crippen molar-refractivity contribution in [3.05, 3.63) is 93.7 Å². The highest BCUT2D eigenvalue weighted by molar-refractivity contribution is 7.10. The Morgan fingerprint density at radius 2 is 1.86 bits per heavy atom. The number of rotatable bonds is 12. The van der Waals surface area contributed by atoms with E-state index in [9.17, 15) is 9.59 Å². The summed E-state index contributed by atoms with van der Waals surface area (Å²) in [5.41, 5.74) is 2.69. The molecule has 190 valence electrons. The van der Waals surface area contributed by atoms with Gasteiger partial charge in [0.15, 0.2) is 0 Å². The van der Waals surface area contributed by atoms with Crippen molar-refractivity contribution in [1.82, 2.24) is 15.1 Å². The molecule has 0 bridgehead atoms. The maximum absolute atomic E-state index is 13.7. The van der Waals surface area contributed by atoms with Crippen LogP contribution in [0.15, 0.2) is 72.1 Å². The number of nitrogens with one attached hydrogen (secondary N) is 1. The summed E-state index contributed by atoms with van der Waals surface area (Å²) in [7, 11) is 1.63. The van der Waals surface area contributed by atoms with E-state index in [1.807, 2.05) is 47.8 Å². The smallest absolute Gasteiger partial charge is 0.254 e. The third-order valence-electron chi connectivity index (χ3n) is 6.74. The van der Waals surface area contributed by atoms with E-state index in [1.165, 1.54) is 5.56 Å². The normalized spacial score (nSPS) is 17.3. The predicted octanol–water partition coefficient (Wildman–Crippen LogP) is 4.70. The summed E-state index contributed by atoms with van der Waals surface area (Å²) >= 11 is 1.58. The van der Waals surface area contributed by atoms with Gasteiger partial charge in [-0.25, -0.2) is 0 Å². The standard InChI is InChI=1S/C29H35N3O3S/c1-3-31(21-22-11-5-4-6-12-22)17-10-16-30-28(33)26-23-13-7-8-14-24(23)29(34)32(18-19-35-2)27(26)25-15-9-20-36-25/h4-9,11-15,20,26-27H,3,10,16-19,21H2,1-2H3,(H,30,33)/t26-,27-/m0/s1. The lowest BCUT2D eigenvalue weighted by molar-refractivity contribution is -0.124. The van der Waals surface area contributed by atoms with Crippen molar-refractivity contribution < 1.29 is 14.3 Å². The van der Waals surface area contributed by atoms with Crippen LogP contribution in [0.2, 0.25) is 0 Å². The summed E-state index contributed by atoms with van der Waals surface area (Å²) in [5.74, 6) is -0.563. The number of nitrogens with zero attached hydrogens (tertiary/aromatic N) is 2. The lowest BCUT2D eigenvalue weighted by Crippen LogP contribution is -2.48. The second kappa shape index (κ2) is 12.8. The molecule has 6 nitrogen and oxygen atoms in total. The fourth-order valence-electron chi connectivity index (χ4n) is 4.90. The van der Waals surface area contributed by atoms with Crippen molar-refractivity contribution in [2.75, 3.05) is 39.9 Å². The van der Waals surface area contributed by atoms with Crippen LogP contribution in [0.4, 0.5) is 0 Å². The largest absolute Gasteiger partial charge is 0.383 e. The van der Waals surface area contributed by atoms with Gasteiger partial charge in [0.2, 0.25) is 5.91 Å². The number of benzene rings is 2. The van der Waals surface area contributed by atoms with Gasteiger partial charge in [0.05, 0.1) is 18.6 Å². The van der Waals surface area contributed by atoms with E-state index in [0.717, 1.165) is 36.5 Å². The monoisotopic (exact) mass is 505 g/mol. The Morgan fingerprint density at radius 1 is 1.08 bits per heavy atom. The number of hydrogen-bond donors (Lipinski definition) is 1. The zero-order chi connectivity index (χ0) is 25.3. The summed E-state index contributed by atoms with van der Waals surface area (Å²) in [6, 6.07) is 21.6. The van der Waals surface area contributed by atoms with Gasteiger partial charge >= 0.3 is 0 Å². The van der Waals surface area contributed by atoms with Gasteiger partial charge in [-0.15, -0.1) is 11.3 Å². The van der Waals surface area contributed by atoms with E-state index in [0.29, 0.717) is 25.3 Å². The van der Waals surface area contributed by atoms with Crippen molar-refractivity contribution in [3.8, 4) is 0 Å². The van der Waals surface area contributed by atoms with E-state index in [2.05, 4.69) is 41.4 Å². The zero-order valence-corrected chi connectivity index (χ0v) is 21.9. The van der Waals surface area contributed by atoms with Gasteiger partial charge in [0.25, 0.3) is 5.91 Å². The van der Waals surface area contributed by atoms with Crippen LogP contribution < -0.4 is 5.32 Å². The molecule has 0 radical (unpaired) electrons. The summed E-state index contributed by atoms with van der Waals surface area (Å²) in [4.78, 5) is 32.4. The van der Waals surface area contributed by atoms with Crippen molar-refractivity contribution in [1.29, 1.82) is 0 Å². The van der Waals surface area contributed by atoms with E-state index in [1.54, 1.807) is 23.3 Å². The maximum atomic E-state index is 13.7. The molecular weight excluding hydrogens is 470 g/mol. The molecule has 2 aromatic carbocycles. The molecule has 0 spiro atoms. The summed E-state index contributed by atoms with van der Waals surface area (Å²) in [5, 5.41) is 5.19. The van der Waals surface area contributed by atoms with Crippen molar-refractivity contribution in [3.63, 3.8) is 0 Å². The molecule has 0 fully saturated rings. The van der Waals surface area contributed by atoms with Crippen LogP contribution in [0.5, 0.6) is 0 Å². The van der Waals surface area contributed by atoms with Crippen LogP contribution in [0, 0.1) is 0 Å². The highest BCUT2D eigenvalue weighted by Gasteiger charge is 2.44. The minimum absolute atomic E-state index is 0.0399. The highest BCUT2D eigenvalue weighted by atomic mass is 32.1. The SMILES string of the molecule is CCN(CCCNC(=O)[C@H]1c2ccccc2C(=O)N(CCOC)[C@H]1c1cccs1)Cc1ccccc1. The first-order valence-corrected chi connectivity index (χ1v) is 13.5. The van der Waals surface area contributed by atoms with Gasteiger partial charge in [0, 0.05) is 43.7 Å². The van der Waals surface area contributed by atoms with Crippen LogP contribution in [-0.2, 0) is 16.1 Å². The van der Waals surface area contributed by atoms with Crippen molar-refractivity contribution >= 4 is 23.2 Å². The molecule has 1 aliphatic heterocycles. The van der Waals surface area contributed by atoms with Gasteiger partial charge in [-0.05, 0) is 41.6 Å². The fraction of sp³-hybridized carbons (Fsp3) is 0.379. The van der Waals surface area contributed by atoms with Crippen LogP contribution in [0.3, 0.4) is 0 Å². The molecule has 2 heterocycles. The minimum Gasteiger partial charge on any atom is -0.383 e. The molecule has 1 aliphatic rings. The van der Waals surface area contributed by atoms with E-state index in [-0.39, 0.29) is 17.9 Å². The number of thiophene rings is 1. The molecule has 7 heteroatoms. The Balaban J connectivity index is 1.48. The lowest BCUT2D eigenvalue weighted by atomic mass is 9.81. The second-order valence-corrected chi connectivity index (χ2v) is 9.99. The molecular formula is C29H35N3O3S. The molecule has 2 amide bonds. The van der Waals surface area contributed by atoms with Crippen LogP contribution >= 0.6 is 11.3 Å². The third kappa shape index (κ3) is 6.03. The molecule has 1 aromatic heterocycles. The van der Waals surface area contributed by atoms with Gasteiger partial charge < -0.3 is 15.0 Å². The topological polar surface area (TPSA) is 61.9 Å². The van der Waals surface area contributed by atoms with Gasteiger partial charge in [-0.1, -0.05) is 61.5 Å². The van der Waals surface area contributed by atoms with Crippen LogP contribution in [-0.4, -0.2) is 61.5 Å². The Kier molecular flexibility index (Phi) is 9.28. The average molecular weight is 506 g/mol. The lowest BCUT2D eigenvalue weighted by Gasteiger charge is -2.41. The number of hydrogen-bond acceptors (Lipinski definition) is 5. The Labute approximate surface area is 217 Å². The zero-order valence-electron chi connectivity index (χ0n) is 21.1. The molecule has 0 unspecified atom stereocenters. The third-order valence-corrected chi connectivity index (χ3v) is 7.68. The first-order chi connectivity index (χ1) is 17.6. The first-order valence-electron chi connectivity index (χ1n) is 12.6. The number of carbonyl (C=O) groups is 2. The predicted molar refractivity (Wildman–Crippen MR) is 144 cm³/mol. The number of methoxy groups -OCH3 is 1. The van der Waals surface area contributed by atoms with E-state index in [4.69, 9.17) is 4.74 Å². The number of fused-ring (bicyclic) bond motifs is 1. The quantitative estimate of drug-likeness (QED) is 0.363. The van der Waals surface area contributed by atoms with E-state index < -0.39 is 5.92 Å². The van der Waals surface area contributed by atoms with Gasteiger partial charge in [0.1, 0.15) is 0 Å². The number of ether oxygens (including phenoxy) is 1. The van der Waals surface area contributed by atoms with Gasteiger partial charge in [-0.2, -0.15) is 0 Å². The van der Waals surface area contributed by atoms with Crippen LogP contribution in [0.1, 0.15) is 51.7 Å². The molecule has 0 saturated heterocycles. The highest BCUT2D eigenvalue weighted by Crippen LogP contribution is 2.44. The number of carbonyl (C=O) groups excluding carboxylic acids is 2. The summed E-state index contributed by atoms with van der Waals surface area (Å²) < 4.78 is 5.30. The van der Waals surface area contributed by atoms with E-state index >= 15 is 0 Å². The fourth-order valence-corrected chi connectivity index (χ4v) is 5.78.